The molecule has 104 valence electrons. The van der Waals surface area contributed by atoms with Crippen molar-refractivity contribution in [2.24, 2.45) is 17.1 Å². The Hall–Kier alpha value is -0.610. The van der Waals surface area contributed by atoms with Gasteiger partial charge in [0.05, 0.1) is 18.1 Å². The van der Waals surface area contributed by atoms with Gasteiger partial charge in [-0.1, -0.05) is 20.8 Å². The molecule has 0 aromatic heterocycles. The van der Waals surface area contributed by atoms with Gasteiger partial charge in [-0.15, -0.1) is 0 Å². The summed E-state index contributed by atoms with van der Waals surface area (Å²) in [5, 5.41) is 0. The first kappa shape index (κ1) is 13.8. The van der Waals surface area contributed by atoms with Crippen molar-refractivity contribution in [1.82, 2.24) is 4.90 Å². The van der Waals surface area contributed by atoms with Crippen LogP contribution < -0.4 is 5.73 Å². The fraction of sp³-hybridized carbons (Fsp3) is 0.929. The van der Waals surface area contributed by atoms with Crippen LogP contribution in [-0.4, -0.2) is 42.6 Å². The van der Waals surface area contributed by atoms with Crippen LogP contribution in [0.25, 0.3) is 0 Å². The summed E-state index contributed by atoms with van der Waals surface area (Å²) in [6.07, 6.45) is 3.58. The number of morpholine rings is 1. The molecule has 2 aliphatic heterocycles. The van der Waals surface area contributed by atoms with Crippen molar-refractivity contribution >= 4 is 5.91 Å². The van der Waals surface area contributed by atoms with Gasteiger partial charge in [0.15, 0.2) is 0 Å². The van der Waals surface area contributed by atoms with Gasteiger partial charge in [0.25, 0.3) is 0 Å². The Kier molecular flexibility index (Phi) is 3.97. The smallest absolute Gasteiger partial charge is 0.227 e. The monoisotopic (exact) mass is 254 g/mol. The van der Waals surface area contributed by atoms with Gasteiger partial charge in [-0.25, -0.2) is 0 Å². The zero-order valence-corrected chi connectivity index (χ0v) is 11.8. The third-order valence-corrected chi connectivity index (χ3v) is 3.85. The van der Waals surface area contributed by atoms with E-state index in [1.165, 1.54) is 0 Å². The summed E-state index contributed by atoms with van der Waals surface area (Å²) in [4.78, 5) is 14.5. The summed E-state index contributed by atoms with van der Waals surface area (Å²) in [7, 11) is 0. The van der Waals surface area contributed by atoms with Crippen molar-refractivity contribution in [2.45, 2.75) is 52.2 Å². The lowest BCUT2D eigenvalue weighted by Gasteiger charge is -2.35. The van der Waals surface area contributed by atoms with Crippen LogP contribution in [0.2, 0.25) is 0 Å². The van der Waals surface area contributed by atoms with E-state index in [9.17, 15) is 4.79 Å². The molecule has 4 nitrogen and oxygen atoms in total. The Labute approximate surface area is 110 Å². The van der Waals surface area contributed by atoms with Crippen molar-refractivity contribution in [3.8, 4) is 0 Å². The van der Waals surface area contributed by atoms with Gasteiger partial charge in [0.2, 0.25) is 5.91 Å². The number of carbonyl (C=O) groups excluding carboxylic acids is 1. The lowest BCUT2D eigenvalue weighted by molar-refractivity contribution is -0.144. The highest BCUT2D eigenvalue weighted by atomic mass is 16.5. The van der Waals surface area contributed by atoms with Crippen LogP contribution in [0.3, 0.4) is 0 Å². The number of hydrogen-bond donors (Lipinski definition) is 1. The molecule has 0 spiro atoms. The van der Waals surface area contributed by atoms with E-state index in [0.717, 1.165) is 32.4 Å². The van der Waals surface area contributed by atoms with E-state index in [1.807, 2.05) is 4.90 Å². The molecule has 2 fully saturated rings. The van der Waals surface area contributed by atoms with Gasteiger partial charge in [0.1, 0.15) is 0 Å². The second-order valence-corrected chi connectivity index (χ2v) is 6.90. The Morgan fingerprint density at radius 3 is 2.33 bits per heavy atom. The van der Waals surface area contributed by atoms with Crippen LogP contribution in [0, 0.1) is 11.3 Å². The molecular formula is C14H26N2O2. The van der Waals surface area contributed by atoms with Gasteiger partial charge < -0.3 is 15.4 Å². The van der Waals surface area contributed by atoms with Crippen LogP contribution in [0.4, 0.5) is 0 Å². The summed E-state index contributed by atoms with van der Waals surface area (Å²) < 4.78 is 5.77. The molecule has 1 amide bonds. The molecule has 4 heteroatoms. The fourth-order valence-corrected chi connectivity index (χ4v) is 3.06. The lowest BCUT2D eigenvalue weighted by Crippen LogP contribution is -2.49. The molecule has 0 aromatic carbocycles. The van der Waals surface area contributed by atoms with Crippen molar-refractivity contribution in [3.05, 3.63) is 0 Å². The minimum absolute atomic E-state index is 0.0394. The summed E-state index contributed by atoms with van der Waals surface area (Å²) in [5.41, 5.74) is 5.94. The molecule has 0 aliphatic carbocycles. The molecule has 2 rings (SSSR count). The number of nitrogens with two attached hydrogens (primary N) is 1. The van der Waals surface area contributed by atoms with Crippen molar-refractivity contribution < 1.29 is 9.53 Å². The first-order valence-electron chi connectivity index (χ1n) is 7.03. The van der Waals surface area contributed by atoms with Crippen molar-refractivity contribution in [3.63, 3.8) is 0 Å². The Morgan fingerprint density at radius 1 is 1.33 bits per heavy atom. The number of fused-ring (bicyclic) bond motifs is 2. The average molecular weight is 254 g/mol. The summed E-state index contributed by atoms with van der Waals surface area (Å²) in [6.45, 7) is 8.44. The van der Waals surface area contributed by atoms with E-state index in [-0.39, 0.29) is 29.4 Å². The normalized spacial score (nSPS) is 29.4. The van der Waals surface area contributed by atoms with Crippen LogP contribution in [0.15, 0.2) is 0 Å². The first-order chi connectivity index (χ1) is 8.39. The molecule has 2 saturated heterocycles. The highest BCUT2D eigenvalue weighted by Gasteiger charge is 2.38. The van der Waals surface area contributed by atoms with E-state index >= 15 is 0 Å². The first-order valence-corrected chi connectivity index (χ1v) is 7.03. The lowest BCUT2D eigenvalue weighted by atomic mass is 9.84. The van der Waals surface area contributed by atoms with Gasteiger partial charge in [-0.05, 0) is 24.7 Å². The molecule has 0 radical (unpaired) electrons. The van der Waals surface area contributed by atoms with E-state index < -0.39 is 0 Å². The molecule has 3 atom stereocenters. The van der Waals surface area contributed by atoms with Crippen LogP contribution >= 0.6 is 0 Å². The SMILES string of the molecule is CC(C)(C)CC(CN)C(=O)N1CC2CCC(C1)O2. The topological polar surface area (TPSA) is 55.6 Å². The van der Waals surface area contributed by atoms with Gasteiger partial charge >= 0.3 is 0 Å². The van der Waals surface area contributed by atoms with Gasteiger partial charge in [-0.2, -0.15) is 0 Å². The highest BCUT2D eigenvalue weighted by Crippen LogP contribution is 2.29. The van der Waals surface area contributed by atoms with Gasteiger partial charge in [-0.3, -0.25) is 4.79 Å². The Balaban J connectivity index is 1.96. The third kappa shape index (κ3) is 3.23. The molecule has 0 aromatic rings. The molecule has 2 aliphatic rings. The molecule has 18 heavy (non-hydrogen) atoms. The van der Waals surface area contributed by atoms with Crippen LogP contribution in [0.1, 0.15) is 40.0 Å². The Bertz CT molecular complexity index is 295. The van der Waals surface area contributed by atoms with Gasteiger partial charge in [0, 0.05) is 19.6 Å². The minimum Gasteiger partial charge on any atom is -0.371 e. The zero-order chi connectivity index (χ0) is 13.3. The molecule has 3 unspecified atom stereocenters. The summed E-state index contributed by atoms with van der Waals surface area (Å²) in [6, 6.07) is 0. The Morgan fingerprint density at radius 2 is 1.89 bits per heavy atom. The molecular weight excluding hydrogens is 228 g/mol. The summed E-state index contributed by atoms with van der Waals surface area (Å²) >= 11 is 0. The van der Waals surface area contributed by atoms with E-state index in [4.69, 9.17) is 10.5 Å². The summed E-state index contributed by atoms with van der Waals surface area (Å²) in [5.74, 6) is 0.190. The quantitative estimate of drug-likeness (QED) is 0.828. The molecule has 2 heterocycles. The van der Waals surface area contributed by atoms with Crippen LogP contribution in [0.5, 0.6) is 0 Å². The molecule has 2 N–H and O–H groups in total. The average Bonchev–Trinajstić information content (AvgIpc) is 2.63. The standard InChI is InChI=1S/C14H26N2O2/c1-14(2,3)6-10(7-15)13(17)16-8-11-4-5-12(9-16)18-11/h10-12H,4-9,15H2,1-3H3. The van der Waals surface area contributed by atoms with Crippen LogP contribution in [-0.2, 0) is 9.53 Å². The fourth-order valence-electron chi connectivity index (χ4n) is 3.06. The van der Waals surface area contributed by atoms with E-state index in [2.05, 4.69) is 20.8 Å². The number of nitrogens with zero attached hydrogens (tertiary/aromatic N) is 1. The second-order valence-electron chi connectivity index (χ2n) is 6.90. The van der Waals surface area contributed by atoms with E-state index in [0.29, 0.717) is 6.54 Å². The predicted octanol–water partition coefficient (Wildman–Crippen LogP) is 1.39. The number of amides is 1. The maximum atomic E-state index is 12.5. The second kappa shape index (κ2) is 5.17. The van der Waals surface area contributed by atoms with E-state index in [1.54, 1.807) is 0 Å². The predicted molar refractivity (Wildman–Crippen MR) is 71.1 cm³/mol. The number of rotatable bonds is 3. The number of ether oxygens (including phenoxy) is 1. The highest BCUT2D eigenvalue weighted by molar-refractivity contribution is 5.79. The zero-order valence-electron chi connectivity index (χ0n) is 11.8. The van der Waals surface area contributed by atoms with Crippen molar-refractivity contribution in [2.75, 3.05) is 19.6 Å². The number of hydrogen-bond acceptors (Lipinski definition) is 3. The largest absolute Gasteiger partial charge is 0.371 e. The molecule has 2 bridgehead atoms. The third-order valence-electron chi connectivity index (χ3n) is 3.85. The number of likely N-dealkylation sites (tertiary alicyclic amines) is 1. The minimum atomic E-state index is -0.0394. The molecule has 0 saturated carbocycles. The maximum Gasteiger partial charge on any atom is 0.227 e. The van der Waals surface area contributed by atoms with Crippen molar-refractivity contribution in [1.29, 1.82) is 0 Å². The maximum absolute atomic E-state index is 12.5. The number of carbonyl (C=O) groups is 1.